The van der Waals surface area contributed by atoms with Gasteiger partial charge in [0.2, 0.25) is 0 Å². The van der Waals surface area contributed by atoms with Gasteiger partial charge in [-0.1, -0.05) is 13.8 Å². The monoisotopic (exact) mass is 292 g/mol. The van der Waals surface area contributed by atoms with E-state index in [1.165, 1.54) is 25.7 Å². The predicted molar refractivity (Wildman–Crippen MR) is 88.2 cm³/mol. The molecule has 1 aromatic carbocycles. The van der Waals surface area contributed by atoms with E-state index in [1.54, 1.807) is 6.07 Å². The lowest BCUT2D eigenvalue weighted by Gasteiger charge is -2.40. The van der Waals surface area contributed by atoms with Gasteiger partial charge in [-0.15, -0.1) is 0 Å². The molecule has 0 spiro atoms. The van der Waals surface area contributed by atoms with Crippen LogP contribution in [-0.2, 0) is 0 Å². The van der Waals surface area contributed by atoms with Crippen molar-refractivity contribution in [3.05, 3.63) is 29.1 Å². The lowest BCUT2D eigenvalue weighted by atomic mass is 9.75. The predicted octanol–water partition coefficient (Wildman–Crippen LogP) is 4.56. The lowest BCUT2D eigenvalue weighted by Crippen LogP contribution is -2.38. The highest BCUT2D eigenvalue weighted by Gasteiger charge is 2.30. The summed E-state index contributed by atoms with van der Waals surface area (Å²) in [5.41, 5.74) is 9.20. The summed E-state index contributed by atoms with van der Waals surface area (Å²) >= 11 is 0. The van der Waals surface area contributed by atoms with E-state index in [-0.39, 0.29) is 11.9 Å². The van der Waals surface area contributed by atoms with E-state index >= 15 is 0 Å². The molecule has 0 amide bonds. The normalized spacial score (nSPS) is 20.3. The maximum absolute atomic E-state index is 13.9. The third kappa shape index (κ3) is 3.57. The third-order valence-corrected chi connectivity index (χ3v) is 5.03. The van der Waals surface area contributed by atoms with Crippen molar-refractivity contribution in [1.82, 2.24) is 0 Å². The molecular formula is C18H29FN2. The molecule has 21 heavy (non-hydrogen) atoms. The summed E-state index contributed by atoms with van der Waals surface area (Å²) in [5, 5.41) is 0. The maximum atomic E-state index is 13.9. The Bertz CT molecular complexity index is 498. The van der Waals surface area contributed by atoms with Crippen molar-refractivity contribution in [2.45, 2.75) is 65.5 Å². The number of nitrogens with zero attached hydrogens (tertiary/aromatic N) is 1. The van der Waals surface area contributed by atoms with Gasteiger partial charge in [0.25, 0.3) is 0 Å². The average Bonchev–Trinajstić information content (AvgIpc) is 2.40. The van der Waals surface area contributed by atoms with E-state index < -0.39 is 0 Å². The van der Waals surface area contributed by atoms with Gasteiger partial charge in [0.15, 0.2) is 0 Å². The number of benzene rings is 1. The zero-order valence-corrected chi connectivity index (χ0v) is 14.0. The molecule has 0 bridgehead atoms. The van der Waals surface area contributed by atoms with Gasteiger partial charge in [-0.3, -0.25) is 0 Å². The summed E-state index contributed by atoms with van der Waals surface area (Å²) in [7, 11) is 2.13. The fourth-order valence-electron chi connectivity index (χ4n) is 3.32. The SMILES string of the molecule is Cc1cc(N(C)C2CCC(C)(C)CC2)c(C(C)N)cc1F. The van der Waals surface area contributed by atoms with Crippen LogP contribution in [0.1, 0.15) is 63.6 Å². The van der Waals surface area contributed by atoms with Crippen LogP contribution in [0.3, 0.4) is 0 Å². The van der Waals surface area contributed by atoms with Crippen molar-refractivity contribution in [2.75, 3.05) is 11.9 Å². The van der Waals surface area contributed by atoms with Gasteiger partial charge >= 0.3 is 0 Å². The molecule has 1 saturated carbocycles. The molecule has 1 atom stereocenters. The Morgan fingerprint density at radius 3 is 2.38 bits per heavy atom. The van der Waals surface area contributed by atoms with Gasteiger partial charge in [0.05, 0.1) is 0 Å². The molecule has 1 aliphatic carbocycles. The van der Waals surface area contributed by atoms with Gasteiger partial charge in [-0.05, 0) is 68.2 Å². The molecular weight excluding hydrogens is 263 g/mol. The molecule has 2 nitrogen and oxygen atoms in total. The molecule has 1 fully saturated rings. The molecule has 0 aromatic heterocycles. The molecule has 0 aliphatic heterocycles. The number of hydrogen-bond donors (Lipinski definition) is 1. The van der Waals surface area contributed by atoms with Crippen molar-refractivity contribution in [1.29, 1.82) is 0 Å². The number of halogens is 1. The van der Waals surface area contributed by atoms with Gasteiger partial charge in [-0.2, -0.15) is 0 Å². The fourth-order valence-corrected chi connectivity index (χ4v) is 3.32. The standard InChI is InChI=1S/C18H29FN2/c1-12-10-17(15(13(2)20)11-16(12)19)21(5)14-6-8-18(3,4)9-7-14/h10-11,13-14H,6-9,20H2,1-5H3. The first-order valence-corrected chi connectivity index (χ1v) is 8.00. The molecule has 1 aromatic rings. The van der Waals surface area contributed by atoms with Crippen LogP contribution in [0, 0.1) is 18.2 Å². The van der Waals surface area contributed by atoms with Gasteiger partial charge < -0.3 is 10.6 Å². The van der Waals surface area contributed by atoms with E-state index in [1.807, 2.05) is 19.9 Å². The third-order valence-electron chi connectivity index (χ3n) is 5.03. The van der Waals surface area contributed by atoms with Crippen molar-refractivity contribution >= 4 is 5.69 Å². The molecule has 2 N–H and O–H groups in total. The van der Waals surface area contributed by atoms with Crippen LogP contribution in [0.15, 0.2) is 12.1 Å². The highest BCUT2D eigenvalue weighted by Crippen LogP contribution is 2.39. The molecule has 1 aliphatic rings. The van der Waals surface area contributed by atoms with E-state index in [2.05, 4.69) is 25.8 Å². The van der Waals surface area contributed by atoms with Crippen molar-refractivity contribution in [2.24, 2.45) is 11.1 Å². The van der Waals surface area contributed by atoms with Gasteiger partial charge in [-0.25, -0.2) is 4.39 Å². The van der Waals surface area contributed by atoms with Crippen molar-refractivity contribution in [3.63, 3.8) is 0 Å². The number of anilines is 1. The Morgan fingerprint density at radius 1 is 1.29 bits per heavy atom. The minimum absolute atomic E-state index is 0.155. The lowest BCUT2D eigenvalue weighted by molar-refractivity contribution is 0.222. The second-order valence-corrected chi connectivity index (χ2v) is 7.46. The van der Waals surface area contributed by atoms with Crippen LogP contribution < -0.4 is 10.6 Å². The van der Waals surface area contributed by atoms with Crippen LogP contribution in [0.5, 0.6) is 0 Å². The Kier molecular flexibility index (Phi) is 4.62. The number of hydrogen-bond acceptors (Lipinski definition) is 2. The van der Waals surface area contributed by atoms with Crippen molar-refractivity contribution < 1.29 is 4.39 Å². The van der Waals surface area contributed by atoms with E-state index in [0.29, 0.717) is 17.0 Å². The van der Waals surface area contributed by atoms with Crippen LogP contribution in [0.2, 0.25) is 0 Å². The molecule has 118 valence electrons. The summed E-state index contributed by atoms with van der Waals surface area (Å²) in [4.78, 5) is 2.32. The summed E-state index contributed by atoms with van der Waals surface area (Å²) in [6, 6.07) is 3.93. The quantitative estimate of drug-likeness (QED) is 0.885. The first-order valence-electron chi connectivity index (χ1n) is 8.00. The maximum Gasteiger partial charge on any atom is 0.126 e. The molecule has 3 heteroatoms. The van der Waals surface area contributed by atoms with Crippen molar-refractivity contribution in [3.8, 4) is 0 Å². The largest absolute Gasteiger partial charge is 0.371 e. The highest BCUT2D eigenvalue weighted by atomic mass is 19.1. The minimum atomic E-state index is -0.163. The smallest absolute Gasteiger partial charge is 0.126 e. The molecule has 0 radical (unpaired) electrons. The topological polar surface area (TPSA) is 29.3 Å². The first-order chi connectivity index (χ1) is 9.71. The summed E-state index contributed by atoms with van der Waals surface area (Å²) < 4.78 is 13.9. The van der Waals surface area contributed by atoms with Gasteiger partial charge in [0, 0.05) is 24.8 Å². The van der Waals surface area contributed by atoms with E-state index in [4.69, 9.17) is 5.73 Å². The minimum Gasteiger partial charge on any atom is -0.371 e. The Balaban J connectivity index is 2.26. The first kappa shape index (κ1) is 16.3. The zero-order chi connectivity index (χ0) is 15.8. The summed E-state index contributed by atoms with van der Waals surface area (Å²) in [6.07, 6.45) is 4.88. The molecule has 0 saturated heterocycles. The number of nitrogens with two attached hydrogens (primary N) is 1. The Hall–Kier alpha value is -1.09. The fraction of sp³-hybridized carbons (Fsp3) is 0.667. The highest BCUT2D eigenvalue weighted by molar-refractivity contribution is 5.57. The van der Waals surface area contributed by atoms with E-state index in [9.17, 15) is 4.39 Å². The Labute approximate surface area is 128 Å². The summed E-state index contributed by atoms with van der Waals surface area (Å²) in [5.74, 6) is -0.163. The van der Waals surface area contributed by atoms with Crippen LogP contribution in [0.25, 0.3) is 0 Å². The average molecular weight is 292 g/mol. The number of aryl methyl sites for hydroxylation is 1. The number of rotatable bonds is 3. The second kappa shape index (κ2) is 5.96. The molecule has 2 rings (SSSR count). The van der Waals surface area contributed by atoms with Gasteiger partial charge in [0.1, 0.15) is 5.82 Å². The summed E-state index contributed by atoms with van der Waals surface area (Å²) in [6.45, 7) is 8.43. The molecule has 1 unspecified atom stereocenters. The zero-order valence-electron chi connectivity index (χ0n) is 14.0. The van der Waals surface area contributed by atoms with Crippen LogP contribution >= 0.6 is 0 Å². The second-order valence-electron chi connectivity index (χ2n) is 7.46. The molecule has 0 heterocycles. The van der Waals surface area contributed by atoms with Crippen LogP contribution in [-0.4, -0.2) is 13.1 Å². The van der Waals surface area contributed by atoms with E-state index in [0.717, 1.165) is 11.3 Å². The Morgan fingerprint density at radius 2 is 1.86 bits per heavy atom. The van der Waals surface area contributed by atoms with Crippen LogP contribution in [0.4, 0.5) is 10.1 Å².